The van der Waals surface area contributed by atoms with Crippen LogP contribution in [0, 0.1) is 13.8 Å². The number of hydrogen-bond donors (Lipinski definition) is 1. The molecule has 0 unspecified atom stereocenters. The van der Waals surface area contributed by atoms with Crippen LogP contribution in [-0.2, 0) is 12.2 Å². The number of aromatic nitrogens is 4. The number of carbonyl (C=O) groups excluding carboxylic acids is 1. The van der Waals surface area contributed by atoms with Crippen molar-refractivity contribution in [2.24, 2.45) is 0 Å². The standard InChI is InChI=1S/C23H23N5O2S/c1-16-8-10-19(11-9-16)28-17(2)26-27-23(28)31-15-21-25-20(14-30-21)22(29)24-13-12-18-6-4-3-5-7-18/h3-11,14H,12-13,15H2,1-2H3,(H,24,29). The van der Waals surface area contributed by atoms with Gasteiger partial charge in [0.05, 0.1) is 5.75 Å². The first-order chi connectivity index (χ1) is 15.1. The molecule has 0 atom stereocenters. The monoisotopic (exact) mass is 433 g/mol. The Bertz CT molecular complexity index is 1150. The van der Waals surface area contributed by atoms with Crippen LogP contribution in [0.3, 0.4) is 0 Å². The minimum absolute atomic E-state index is 0.241. The summed E-state index contributed by atoms with van der Waals surface area (Å²) >= 11 is 1.46. The molecule has 8 heteroatoms. The summed E-state index contributed by atoms with van der Waals surface area (Å²) in [5.41, 5.74) is 3.65. The van der Waals surface area contributed by atoms with Gasteiger partial charge in [0, 0.05) is 12.2 Å². The topological polar surface area (TPSA) is 85.8 Å². The molecule has 2 aromatic carbocycles. The first-order valence-corrected chi connectivity index (χ1v) is 11.0. The van der Waals surface area contributed by atoms with Crippen molar-refractivity contribution in [3.8, 4) is 5.69 Å². The highest BCUT2D eigenvalue weighted by Crippen LogP contribution is 2.25. The predicted octanol–water partition coefficient (Wildman–Crippen LogP) is 4.14. The minimum atomic E-state index is -0.241. The Kier molecular flexibility index (Phi) is 6.47. The van der Waals surface area contributed by atoms with Crippen LogP contribution < -0.4 is 5.32 Å². The van der Waals surface area contributed by atoms with E-state index in [4.69, 9.17) is 4.42 Å². The molecule has 4 aromatic rings. The number of thioether (sulfide) groups is 1. The summed E-state index contributed by atoms with van der Waals surface area (Å²) in [5.74, 6) is 1.47. The molecule has 0 saturated carbocycles. The van der Waals surface area contributed by atoms with Crippen molar-refractivity contribution in [2.75, 3.05) is 6.54 Å². The van der Waals surface area contributed by atoms with E-state index < -0.39 is 0 Å². The van der Waals surface area contributed by atoms with Gasteiger partial charge in [-0.3, -0.25) is 9.36 Å². The van der Waals surface area contributed by atoms with E-state index in [1.165, 1.54) is 29.2 Å². The van der Waals surface area contributed by atoms with E-state index in [-0.39, 0.29) is 11.6 Å². The smallest absolute Gasteiger partial charge is 0.273 e. The van der Waals surface area contributed by atoms with Crippen LogP contribution in [-0.4, -0.2) is 32.2 Å². The summed E-state index contributed by atoms with van der Waals surface area (Å²) in [7, 11) is 0. The molecular formula is C23H23N5O2S. The van der Waals surface area contributed by atoms with E-state index in [0.717, 1.165) is 23.1 Å². The number of hydrogen-bond acceptors (Lipinski definition) is 6. The molecule has 0 aliphatic heterocycles. The first kappa shape index (κ1) is 20.9. The highest BCUT2D eigenvalue weighted by atomic mass is 32.2. The van der Waals surface area contributed by atoms with E-state index in [2.05, 4.69) is 39.6 Å². The number of carbonyl (C=O) groups is 1. The van der Waals surface area contributed by atoms with E-state index >= 15 is 0 Å². The summed E-state index contributed by atoms with van der Waals surface area (Å²) in [6, 6.07) is 18.2. The fourth-order valence-corrected chi connectivity index (χ4v) is 3.94. The average Bonchev–Trinajstić information content (AvgIpc) is 3.40. The number of rotatable bonds is 8. The maximum atomic E-state index is 12.3. The SMILES string of the molecule is Cc1ccc(-n2c(C)nnc2SCc2nc(C(=O)NCCc3ccccc3)co2)cc1. The third kappa shape index (κ3) is 5.21. The number of oxazole rings is 1. The van der Waals surface area contributed by atoms with Gasteiger partial charge in [-0.15, -0.1) is 10.2 Å². The third-order valence-corrected chi connectivity index (χ3v) is 5.65. The normalized spacial score (nSPS) is 10.9. The lowest BCUT2D eigenvalue weighted by Gasteiger charge is -2.08. The molecular weight excluding hydrogens is 410 g/mol. The van der Waals surface area contributed by atoms with E-state index in [0.29, 0.717) is 18.2 Å². The molecule has 0 bridgehead atoms. The largest absolute Gasteiger partial charge is 0.447 e. The third-order valence-electron chi connectivity index (χ3n) is 4.74. The lowest BCUT2D eigenvalue weighted by molar-refractivity contribution is 0.0949. The van der Waals surface area contributed by atoms with Gasteiger partial charge in [0.2, 0.25) is 5.89 Å². The fraction of sp³-hybridized carbons (Fsp3) is 0.217. The van der Waals surface area contributed by atoms with Crippen LogP contribution in [0.25, 0.3) is 5.69 Å². The quantitative estimate of drug-likeness (QED) is 0.421. The Hall–Kier alpha value is -3.39. The zero-order valence-electron chi connectivity index (χ0n) is 17.4. The molecule has 1 amide bonds. The Morgan fingerprint density at radius 3 is 2.61 bits per heavy atom. The summed E-state index contributed by atoms with van der Waals surface area (Å²) in [4.78, 5) is 16.6. The molecule has 31 heavy (non-hydrogen) atoms. The highest BCUT2D eigenvalue weighted by molar-refractivity contribution is 7.98. The average molecular weight is 434 g/mol. The van der Waals surface area contributed by atoms with Gasteiger partial charge in [0.15, 0.2) is 10.9 Å². The van der Waals surface area contributed by atoms with E-state index in [1.807, 2.05) is 54.0 Å². The van der Waals surface area contributed by atoms with Gasteiger partial charge in [0.1, 0.15) is 12.1 Å². The predicted molar refractivity (Wildman–Crippen MR) is 119 cm³/mol. The molecule has 0 spiro atoms. The Balaban J connectivity index is 1.34. The lowest BCUT2D eigenvalue weighted by atomic mass is 10.1. The van der Waals surface area contributed by atoms with Crippen molar-refractivity contribution in [3.63, 3.8) is 0 Å². The molecule has 7 nitrogen and oxygen atoms in total. The number of nitrogens with zero attached hydrogens (tertiary/aromatic N) is 4. The second-order valence-electron chi connectivity index (χ2n) is 7.11. The molecule has 4 rings (SSSR count). The van der Waals surface area contributed by atoms with Gasteiger partial charge in [-0.05, 0) is 38.0 Å². The van der Waals surface area contributed by atoms with Crippen LogP contribution in [0.4, 0.5) is 0 Å². The molecule has 0 fully saturated rings. The molecule has 2 heterocycles. The molecule has 158 valence electrons. The lowest BCUT2D eigenvalue weighted by Crippen LogP contribution is -2.26. The van der Waals surface area contributed by atoms with Gasteiger partial charge in [-0.1, -0.05) is 59.8 Å². The Morgan fingerprint density at radius 2 is 1.84 bits per heavy atom. The zero-order chi connectivity index (χ0) is 21.6. The summed E-state index contributed by atoms with van der Waals surface area (Å²) in [6.07, 6.45) is 2.16. The molecule has 0 radical (unpaired) electrons. The minimum Gasteiger partial charge on any atom is -0.447 e. The number of nitrogens with one attached hydrogen (secondary N) is 1. The van der Waals surface area contributed by atoms with Gasteiger partial charge in [-0.25, -0.2) is 4.98 Å². The molecule has 0 saturated heterocycles. The number of benzene rings is 2. The maximum absolute atomic E-state index is 12.3. The number of aryl methyl sites for hydroxylation is 2. The highest BCUT2D eigenvalue weighted by Gasteiger charge is 2.15. The second kappa shape index (κ2) is 9.61. The molecule has 0 aliphatic rings. The first-order valence-electron chi connectivity index (χ1n) is 9.98. The maximum Gasteiger partial charge on any atom is 0.273 e. The second-order valence-corrected chi connectivity index (χ2v) is 8.05. The summed E-state index contributed by atoms with van der Waals surface area (Å²) in [6.45, 7) is 4.51. The molecule has 2 aromatic heterocycles. The number of amides is 1. The van der Waals surface area contributed by atoms with Crippen molar-refractivity contribution in [2.45, 2.75) is 31.2 Å². The van der Waals surface area contributed by atoms with E-state index in [1.54, 1.807) is 0 Å². The van der Waals surface area contributed by atoms with Crippen molar-refractivity contribution < 1.29 is 9.21 Å². The Labute approximate surface area is 184 Å². The van der Waals surface area contributed by atoms with Crippen LogP contribution in [0.1, 0.15) is 33.3 Å². The van der Waals surface area contributed by atoms with Gasteiger partial charge in [0.25, 0.3) is 5.91 Å². The van der Waals surface area contributed by atoms with Crippen LogP contribution in [0.2, 0.25) is 0 Å². The summed E-state index contributed by atoms with van der Waals surface area (Å²) < 4.78 is 7.48. The van der Waals surface area contributed by atoms with Crippen molar-refractivity contribution in [1.29, 1.82) is 0 Å². The van der Waals surface area contributed by atoms with Gasteiger partial charge < -0.3 is 9.73 Å². The van der Waals surface area contributed by atoms with Crippen LogP contribution >= 0.6 is 11.8 Å². The van der Waals surface area contributed by atoms with Crippen molar-refractivity contribution in [1.82, 2.24) is 25.1 Å². The van der Waals surface area contributed by atoms with Crippen molar-refractivity contribution in [3.05, 3.63) is 89.4 Å². The fourth-order valence-electron chi connectivity index (χ4n) is 3.09. The van der Waals surface area contributed by atoms with Crippen LogP contribution in [0.15, 0.2) is 70.4 Å². The molecule has 0 aliphatic carbocycles. The summed E-state index contributed by atoms with van der Waals surface area (Å²) in [5, 5.41) is 12.1. The van der Waals surface area contributed by atoms with Crippen LogP contribution in [0.5, 0.6) is 0 Å². The van der Waals surface area contributed by atoms with Crippen molar-refractivity contribution >= 4 is 17.7 Å². The Morgan fingerprint density at radius 1 is 1.06 bits per heavy atom. The van der Waals surface area contributed by atoms with Gasteiger partial charge in [-0.2, -0.15) is 0 Å². The van der Waals surface area contributed by atoms with E-state index in [9.17, 15) is 4.79 Å². The zero-order valence-corrected chi connectivity index (χ0v) is 18.2. The van der Waals surface area contributed by atoms with Gasteiger partial charge >= 0.3 is 0 Å². The molecule has 1 N–H and O–H groups in total.